The summed E-state index contributed by atoms with van der Waals surface area (Å²) in [5.41, 5.74) is 5.24. The van der Waals surface area contributed by atoms with Crippen LogP contribution in [0, 0.1) is 10.1 Å². The molecule has 0 aromatic carbocycles. The number of nitrogens with zero attached hydrogens (tertiary/aromatic N) is 2. The van der Waals surface area contributed by atoms with Crippen LogP contribution in [0.1, 0.15) is 23.0 Å². The Bertz CT molecular complexity index is 464. The standard InChI is InChI=1S/C9H10IN3O4/c1-2-17-9(14)5-4-12-6(3-10)8(7(5)11)13(15)16/h4H,2-3H2,1H3,(H2,11,12). The predicted octanol–water partition coefficient (Wildman–Crippen LogP) is 1.68. The van der Waals surface area contributed by atoms with Gasteiger partial charge in [0.25, 0.3) is 0 Å². The lowest BCUT2D eigenvalue weighted by Gasteiger charge is -2.07. The number of nitrogens with two attached hydrogens (primary N) is 1. The van der Waals surface area contributed by atoms with Crippen molar-refractivity contribution in [1.29, 1.82) is 0 Å². The fraction of sp³-hybridized carbons (Fsp3) is 0.333. The van der Waals surface area contributed by atoms with Crippen molar-refractivity contribution in [2.45, 2.75) is 11.4 Å². The Kier molecular flexibility index (Phi) is 4.61. The molecular formula is C9H10IN3O4. The van der Waals surface area contributed by atoms with Gasteiger partial charge in [-0.25, -0.2) is 4.79 Å². The first-order valence-corrected chi connectivity index (χ1v) is 6.20. The van der Waals surface area contributed by atoms with E-state index in [2.05, 4.69) is 4.98 Å². The highest BCUT2D eigenvalue weighted by Crippen LogP contribution is 2.29. The number of pyridine rings is 1. The van der Waals surface area contributed by atoms with Gasteiger partial charge < -0.3 is 10.5 Å². The number of alkyl halides is 1. The number of nitrogen functional groups attached to an aromatic ring is 1. The number of carbonyl (C=O) groups is 1. The minimum atomic E-state index is -0.708. The molecule has 0 fully saturated rings. The maximum absolute atomic E-state index is 11.5. The molecule has 0 aliphatic heterocycles. The Morgan fingerprint density at radius 2 is 2.35 bits per heavy atom. The molecule has 1 aromatic rings. The molecule has 0 saturated carbocycles. The van der Waals surface area contributed by atoms with Crippen molar-refractivity contribution in [3.05, 3.63) is 27.6 Å². The number of nitro groups is 1. The third-order valence-electron chi connectivity index (χ3n) is 1.97. The molecule has 1 rings (SSSR count). The average molecular weight is 351 g/mol. The number of anilines is 1. The van der Waals surface area contributed by atoms with Crippen molar-refractivity contribution in [1.82, 2.24) is 4.98 Å². The zero-order valence-electron chi connectivity index (χ0n) is 8.97. The van der Waals surface area contributed by atoms with Crippen LogP contribution in [0.15, 0.2) is 6.20 Å². The van der Waals surface area contributed by atoms with Crippen LogP contribution >= 0.6 is 22.6 Å². The smallest absolute Gasteiger partial charge is 0.342 e. The molecule has 0 amide bonds. The minimum absolute atomic E-state index is 0.0767. The summed E-state index contributed by atoms with van der Waals surface area (Å²) in [5, 5.41) is 10.9. The van der Waals surface area contributed by atoms with Gasteiger partial charge in [-0.05, 0) is 6.92 Å². The first-order valence-electron chi connectivity index (χ1n) is 4.67. The first kappa shape index (κ1) is 13.6. The zero-order chi connectivity index (χ0) is 13.0. The molecule has 0 bridgehead atoms. The predicted molar refractivity (Wildman–Crippen MR) is 69.0 cm³/mol. The molecular weight excluding hydrogens is 341 g/mol. The largest absolute Gasteiger partial charge is 0.462 e. The van der Waals surface area contributed by atoms with E-state index in [1.54, 1.807) is 6.92 Å². The molecule has 0 aliphatic carbocycles. The van der Waals surface area contributed by atoms with Crippen molar-refractivity contribution in [2.24, 2.45) is 0 Å². The summed E-state index contributed by atoms with van der Waals surface area (Å²) in [5.74, 6) is -0.708. The Morgan fingerprint density at radius 3 is 2.82 bits per heavy atom. The summed E-state index contributed by atoms with van der Waals surface area (Å²) in [6, 6.07) is 0. The molecule has 8 heteroatoms. The highest BCUT2D eigenvalue weighted by atomic mass is 127. The highest BCUT2D eigenvalue weighted by molar-refractivity contribution is 14.1. The number of carbonyl (C=O) groups excluding carboxylic acids is 1. The maximum atomic E-state index is 11.5. The second-order valence-corrected chi connectivity index (χ2v) is 3.75. The first-order chi connectivity index (χ1) is 8.02. The number of esters is 1. The third-order valence-corrected chi connectivity index (χ3v) is 2.70. The van der Waals surface area contributed by atoms with E-state index in [9.17, 15) is 14.9 Å². The van der Waals surface area contributed by atoms with E-state index >= 15 is 0 Å². The summed E-state index contributed by atoms with van der Waals surface area (Å²) in [6.45, 7) is 1.80. The fourth-order valence-electron chi connectivity index (χ4n) is 1.23. The maximum Gasteiger partial charge on any atom is 0.342 e. The molecule has 92 valence electrons. The van der Waals surface area contributed by atoms with E-state index in [0.29, 0.717) is 4.43 Å². The van der Waals surface area contributed by atoms with Crippen LogP contribution in [0.25, 0.3) is 0 Å². The van der Waals surface area contributed by atoms with E-state index in [1.165, 1.54) is 6.20 Å². The van der Waals surface area contributed by atoms with Crippen LogP contribution in [0.5, 0.6) is 0 Å². The van der Waals surface area contributed by atoms with Gasteiger partial charge >= 0.3 is 11.7 Å². The van der Waals surface area contributed by atoms with Gasteiger partial charge in [-0.3, -0.25) is 15.1 Å². The molecule has 0 unspecified atom stereocenters. The van der Waals surface area contributed by atoms with Crippen LogP contribution < -0.4 is 5.73 Å². The number of rotatable bonds is 4. The molecule has 17 heavy (non-hydrogen) atoms. The Balaban J connectivity index is 3.32. The topological polar surface area (TPSA) is 108 Å². The van der Waals surface area contributed by atoms with E-state index in [4.69, 9.17) is 10.5 Å². The van der Waals surface area contributed by atoms with Gasteiger partial charge in [0.15, 0.2) is 0 Å². The number of hydrogen-bond donors (Lipinski definition) is 1. The van der Waals surface area contributed by atoms with Gasteiger partial charge in [0.2, 0.25) is 0 Å². The van der Waals surface area contributed by atoms with Gasteiger partial charge in [-0.1, -0.05) is 22.6 Å². The quantitative estimate of drug-likeness (QED) is 0.291. The average Bonchev–Trinajstić information content (AvgIpc) is 2.27. The summed E-state index contributed by atoms with van der Waals surface area (Å²) >= 11 is 1.94. The van der Waals surface area contributed by atoms with E-state index in [1.807, 2.05) is 22.6 Å². The van der Waals surface area contributed by atoms with Gasteiger partial charge in [0.05, 0.1) is 11.5 Å². The molecule has 1 heterocycles. The second-order valence-electron chi connectivity index (χ2n) is 2.99. The lowest BCUT2D eigenvalue weighted by atomic mass is 10.2. The van der Waals surface area contributed by atoms with Crippen LogP contribution in [-0.2, 0) is 9.16 Å². The number of hydrogen-bond acceptors (Lipinski definition) is 6. The van der Waals surface area contributed by atoms with Crippen molar-refractivity contribution in [3.63, 3.8) is 0 Å². The van der Waals surface area contributed by atoms with Crippen LogP contribution in [0.3, 0.4) is 0 Å². The summed E-state index contributed by atoms with van der Waals surface area (Å²) in [7, 11) is 0. The molecule has 7 nitrogen and oxygen atoms in total. The van der Waals surface area contributed by atoms with Crippen molar-refractivity contribution >= 4 is 39.9 Å². The van der Waals surface area contributed by atoms with Gasteiger partial charge in [0.1, 0.15) is 16.9 Å². The van der Waals surface area contributed by atoms with E-state index in [0.717, 1.165) is 0 Å². The molecule has 0 radical (unpaired) electrons. The minimum Gasteiger partial charge on any atom is -0.462 e. The van der Waals surface area contributed by atoms with E-state index < -0.39 is 10.9 Å². The molecule has 0 aliphatic rings. The summed E-state index contributed by atoms with van der Waals surface area (Å²) in [4.78, 5) is 25.6. The van der Waals surface area contributed by atoms with Gasteiger partial charge in [-0.15, -0.1) is 0 Å². The Morgan fingerprint density at radius 1 is 1.71 bits per heavy atom. The van der Waals surface area contributed by atoms with Crippen LogP contribution in [-0.4, -0.2) is 22.5 Å². The number of aromatic nitrogens is 1. The van der Waals surface area contributed by atoms with Gasteiger partial charge in [-0.2, -0.15) is 0 Å². The third kappa shape index (κ3) is 2.81. The van der Waals surface area contributed by atoms with Crippen LogP contribution in [0.2, 0.25) is 0 Å². The van der Waals surface area contributed by atoms with Crippen molar-refractivity contribution in [2.75, 3.05) is 12.3 Å². The van der Waals surface area contributed by atoms with Crippen molar-refractivity contribution < 1.29 is 14.5 Å². The summed E-state index contributed by atoms with van der Waals surface area (Å²) in [6.07, 6.45) is 1.20. The second kappa shape index (κ2) is 5.75. The molecule has 1 aromatic heterocycles. The number of halogens is 1. The normalized spacial score (nSPS) is 10.0. The van der Waals surface area contributed by atoms with Gasteiger partial charge in [0, 0.05) is 10.6 Å². The fourth-order valence-corrected chi connectivity index (χ4v) is 1.79. The SMILES string of the molecule is CCOC(=O)c1cnc(CI)c([N+](=O)[O-])c1N. The molecule has 0 spiro atoms. The molecule has 0 atom stereocenters. The highest BCUT2D eigenvalue weighted by Gasteiger charge is 2.25. The lowest BCUT2D eigenvalue weighted by Crippen LogP contribution is -2.12. The monoisotopic (exact) mass is 351 g/mol. The summed E-state index contributed by atoms with van der Waals surface area (Å²) < 4.78 is 5.07. The van der Waals surface area contributed by atoms with Crippen LogP contribution in [0.4, 0.5) is 11.4 Å². The zero-order valence-corrected chi connectivity index (χ0v) is 11.1. The Hall–Kier alpha value is -1.45. The number of ether oxygens (including phenoxy) is 1. The van der Waals surface area contributed by atoms with Crippen molar-refractivity contribution in [3.8, 4) is 0 Å². The lowest BCUT2D eigenvalue weighted by molar-refractivity contribution is -0.384. The molecule has 2 N–H and O–H groups in total. The molecule has 0 saturated heterocycles. The Labute approximate surface area is 111 Å². The van der Waals surface area contributed by atoms with E-state index in [-0.39, 0.29) is 29.2 Å².